The molecule has 7 heteroatoms. The average molecular weight is 504 g/mol. The number of nitro groups is 1. The smallest absolute Gasteiger partial charge is 0.274 e. The van der Waals surface area contributed by atoms with Gasteiger partial charge in [0.05, 0.1) is 19.1 Å². The molecule has 0 fully saturated rings. The third-order valence-corrected chi connectivity index (χ3v) is 7.15. The molecule has 0 saturated carbocycles. The molecule has 0 saturated heterocycles. The summed E-state index contributed by atoms with van der Waals surface area (Å²) in [7, 11) is 3.28. The molecule has 3 aromatic carbocycles. The zero-order chi connectivity index (χ0) is 26.2. The van der Waals surface area contributed by atoms with E-state index in [4.69, 9.17) is 9.47 Å². The highest BCUT2D eigenvalue weighted by molar-refractivity contribution is 5.85. The summed E-state index contributed by atoms with van der Waals surface area (Å²) in [5, 5.41) is 17.5. The van der Waals surface area contributed by atoms with Gasteiger partial charge >= 0.3 is 0 Å². The van der Waals surface area contributed by atoms with Crippen molar-refractivity contribution in [3.8, 4) is 11.5 Å². The highest BCUT2D eigenvalue weighted by atomic mass is 16.6. The fourth-order valence-corrected chi connectivity index (χ4v) is 5.26. The highest BCUT2D eigenvalue weighted by Gasteiger charge is 2.31. The SMILES string of the molecule is CCCCCCN/C(=C/[N+](=O)[O-])N1Cc2cc(OC)c(OC)cc2CC1Cc1cccc2ccccc12. The summed E-state index contributed by atoms with van der Waals surface area (Å²) in [5.41, 5.74) is 3.51. The van der Waals surface area contributed by atoms with Gasteiger partial charge in [-0.05, 0) is 58.9 Å². The summed E-state index contributed by atoms with van der Waals surface area (Å²) >= 11 is 0. The van der Waals surface area contributed by atoms with Crippen LogP contribution in [0.3, 0.4) is 0 Å². The molecule has 3 aromatic rings. The Bertz CT molecular complexity index is 1250. The number of rotatable bonds is 12. The molecule has 1 aliphatic rings. The highest BCUT2D eigenvalue weighted by Crippen LogP contribution is 2.36. The lowest BCUT2D eigenvalue weighted by molar-refractivity contribution is -0.405. The van der Waals surface area contributed by atoms with Crippen LogP contribution in [-0.4, -0.2) is 36.6 Å². The van der Waals surface area contributed by atoms with E-state index in [1.165, 1.54) is 28.3 Å². The summed E-state index contributed by atoms with van der Waals surface area (Å²) in [6, 6.07) is 18.9. The van der Waals surface area contributed by atoms with Crippen LogP contribution in [0.25, 0.3) is 10.8 Å². The lowest BCUT2D eigenvalue weighted by atomic mass is 9.88. The first-order chi connectivity index (χ1) is 18.0. The van der Waals surface area contributed by atoms with E-state index in [9.17, 15) is 10.1 Å². The first-order valence-corrected chi connectivity index (χ1v) is 13.1. The van der Waals surface area contributed by atoms with Crippen molar-refractivity contribution in [2.75, 3.05) is 20.8 Å². The molecule has 0 bridgehead atoms. The number of unbranched alkanes of at least 4 members (excludes halogenated alkanes) is 3. The Morgan fingerprint density at radius 2 is 1.78 bits per heavy atom. The van der Waals surface area contributed by atoms with E-state index in [-0.39, 0.29) is 11.0 Å². The van der Waals surface area contributed by atoms with E-state index in [1.807, 2.05) is 6.07 Å². The maximum Gasteiger partial charge on any atom is 0.274 e. The van der Waals surface area contributed by atoms with Crippen LogP contribution in [0.2, 0.25) is 0 Å². The Labute approximate surface area is 219 Å². The van der Waals surface area contributed by atoms with Gasteiger partial charge in [0.2, 0.25) is 0 Å². The van der Waals surface area contributed by atoms with Crippen LogP contribution in [0, 0.1) is 10.1 Å². The second-order valence-electron chi connectivity index (χ2n) is 9.59. The molecule has 0 spiro atoms. The number of hydrogen-bond acceptors (Lipinski definition) is 6. The minimum Gasteiger partial charge on any atom is -0.493 e. The zero-order valence-electron chi connectivity index (χ0n) is 22.0. The summed E-state index contributed by atoms with van der Waals surface area (Å²) < 4.78 is 11.1. The number of nitrogens with zero attached hydrogens (tertiary/aromatic N) is 2. The molecular weight excluding hydrogens is 466 g/mol. The molecule has 37 heavy (non-hydrogen) atoms. The Hall–Kier alpha value is -3.74. The van der Waals surface area contributed by atoms with Crippen molar-refractivity contribution in [1.82, 2.24) is 10.2 Å². The van der Waals surface area contributed by atoms with E-state index in [0.29, 0.717) is 30.4 Å². The molecule has 4 rings (SSSR count). The number of nitrogens with one attached hydrogen (secondary N) is 1. The van der Waals surface area contributed by atoms with Crippen molar-refractivity contribution in [2.24, 2.45) is 0 Å². The van der Waals surface area contributed by atoms with Gasteiger partial charge in [0, 0.05) is 19.1 Å². The van der Waals surface area contributed by atoms with Crippen LogP contribution < -0.4 is 14.8 Å². The lowest BCUT2D eigenvalue weighted by Crippen LogP contribution is -2.45. The summed E-state index contributed by atoms with van der Waals surface area (Å²) in [5.74, 6) is 1.93. The van der Waals surface area contributed by atoms with Gasteiger partial charge in [0.1, 0.15) is 0 Å². The third kappa shape index (κ3) is 6.34. The minimum absolute atomic E-state index is 0.0331. The van der Waals surface area contributed by atoms with Crippen molar-refractivity contribution >= 4 is 10.8 Å². The Balaban J connectivity index is 1.71. The summed E-state index contributed by atoms with van der Waals surface area (Å²) in [6.07, 6.45) is 7.03. The van der Waals surface area contributed by atoms with Gasteiger partial charge < -0.3 is 19.7 Å². The number of fused-ring (bicyclic) bond motifs is 2. The molecule has 196 valence electrons. The maximum absolute atomic E-state index is 11.7. The molecule has 0 radical (unpaired) electrons. The fraction of sp³-hybridized carbons (Fsp3) is 0.400. The minimum atomic E-state index is -0.354. The molecule has 1 aliphatic heterocycles. The van der Waals surface area contributed by atoms with Crippen LogP contribution in [0.5, 0.6) is 11.5 Å². The van der Waals surface area contributed by atoms with E-state index >= 15 is 0 Å². The molecule has 0 amide bonds. The Morgan fingerprint density at radius 1 is 1.05 bits per heavy atom. The molecule has 1 heterocycles. The fourth-order valence-electron chi connectivity index (χ4n) is 5.26. The Kier molecular flexibility index (Phi) is 8.88. The van der Waals surface area contributed by atoms with Crippen LogP contribution in [0.15, 0.2) is 66.6 Å². The maximum atomic E-state index is 11.7. The molecule has 1 atom stereocenters. The van der Waals surface area contributed by atoms with Crippen LogP contribution in [0.4, 0.5) is 0 Å². The van der Waals surface area contributed by atoms with Crippen molar-refractivity contribution in [2.45, 2.75) is 58.0 Å². The number of hydrogen-bond donors (Lipinski definition) is 1. The second kappa shape index (κ2) is 12.5. The summed E-state index contributed by atoms with van der Waals surface area (Å²) in [4.78, 5) is 13.5. The van der Waals surface area contributed by atoms with Gasteiger partial charge in [-0.15, -0.1) is 0 Å². The Morgan fingerprint density at radius 3 is 2.51 bits per heavy atom. The van der Waals surface area contributed by atoms with Crippen LogP contribution >= 0.6 is 0 Å². The van der Waals surface area contributed by atoms with Crippen molar-refractivity contribution in [3.05, 3.63) is 93.4 Å². The zero-order valence-corrected chi connectivity index (χ0v) is 22.0. The third-order valence-electron chi connectivity index (χ3n) is 7.15. The molecule has 0 aromatic heterocycles. The largest absolute Gasteiger partial charge is 0.493 e. The topological polar surface area (TPSA) is 76.9 Å². The lowest BCUT2D eigenvalue weighted by Gasteiger charge is -2.39. The first kappa shape index (κ1) is 26.3. The predicted octanol–water partition coefficient (Wildman–Crippen LogP) is 6.07. The number of benzene rings is 3. The standard InChI is InChI=1S/C30H37N3O4/c1-4-5-6-9-15-31-30(21-33(34)35)32-20-25-19-29(37-3)28(36-2)18-24(25)17-26(32)16-23-13-10-12-22-11-7-8-14-27(22)23/h7-8,10-14,18-19,21,26,31H,4-6,9,15-17,20H2,1-3H3/b30-21-. The van der Waals surface area contributed by atoms with Gasteiger partial charge in [-0.25, -0.2) is 0 Å². The molecule has 1 N–H and O–H groups in total. The van der Waals surface area contributed by atoms with Crippen molar-refractivity contribution < 1.29 is 14.4 Å². The predicted molar refractivity (Wildman–Crippen MR) is 147 cm³/mol. The van der Waals surface area contributed by atoms with Gasteiger partial charge in [0.15, 0.2) is 17.3 Å². The van der Waals surface area contributed by atoms with Gasteiger partial charge in [-0.1, -0.05) is 68.7 Å². The number of ether oxygens (including phenoxy) is 2. The van der Waals surface area contributed by atoms with Gasteiger partial charge in [-0.2, -0.15) is 0 Å². The molecular formula is C30H37N3O4. The first-order valence-electron chi connectivity index (χ1n) is 13.1. The van der Waals surface area contributed by atoms with Crippen LogP contribution in [-0.2, 0) is 19.4 Å². The van der Waals surface area contributed by atoms with Crippen LogP contribution in [0.1, 0.15) is 49.3 Å². The van der Waals surface area contributed by atoms with E-state index in [1.54, 1.807) is 14.2 Å². The molecule has 7 nitrogen and oxygen atoms in total. The van der Waals surface area contributed by atoms with Crippen molar-refractivity contribution in [3.63, 3.8) is 0 Å². The summed E-state index contributed by atoms with van der Waals surface area (Å²) in [6.45, 7) is 3.43. The average Bonchev–Trinajstić information content (AvgIpc) is 2.91. The van der Waals surface area contributed by atoms with Gasteiger partial charge in [0.25, 0.3) is 6.20 Å². The molecule has 0 aliphatic carbocycles. The van der Waals surface area contributed by atoms with E-state index < -0.39 is 0 Å². The monoisotopic (exact) mass is 503 g/mol. The number of methoxy groups -OCH3 is 2. The van der Waals surface area contributed by atoms with E-state index in [0.717, 1.165) is 43.9 Å². The van der Waals surface area contributed by atoms with E-state index in [2.05, 4.69) is 65.7 Å². The second-order valence-corrected chi connectivity index (χ2v) is 9.59. The quantitative estimate of drug-likeness (QED) is 0.184. The van der Waals surface area contributed by atoms with Gasteiger partial charge in [-0.3, -0.25) is 10.1 Å². The van der Waals surface area contributed by atoms with Crippen molar-refractivity contribution in [1.29, 1.82) is 0 Å². The molecule has 1 unspecified atom stereocenters. The normalized spacial score (nSPS) is 15.4.